The van der Waals surface area contributed by atoms with Gasteiger partial charge in [0, 0.05) is 31.1 Å². The highest BCUT2D eigenvalue weighted by molar-refractivity contribution is 7.13. The Balaban J connectivity index is 1.32. The molecule has 1 aliphatic carbocycles. The van der Waals surface area contributed by atoms with Crippen molar-refractivity contribution < 1.29 is 14.3 Å². The fourth-order valence-electron chi connectivity index (χ4n) is 5.52. The molecule has 1 unspecified atom stereocenters. The van der Waals surface area contributed by atoms with Crippen molar-refractivity contribution in [3.63, 3.8) is 0 Å². The van der Waals surface area contributed by atoms with Gasteiger partial charge in [0.1, 0.15) is 17.8 Å². The van der Waals surface area contributed by atoms with Crippen LogP contribution in [0.5, 0.6) is 5.75 Å². The number of nitrogens with one attached hydrogen (secondary N) is 1. The van der Waals surface area contributed by atoms with Crippen molar-refractivity contribution in [3.8, 4) is 17.1 Å². The summed E-state index contributed by atoms with van der Waals surface area (Å²) in [6, 6.07) is 14.9. The first-order valence-electron chi connectivity index (χ1n) is 13.7. The van der Waals surface area contributed by atoms with Crippen LogP contribution in [0.1, 0.15) is 65.8 Å². The molecule has 3 aromatic heterocycles. The summed E-state index contributed by atoms with van der Waals surface area (Å²) in [5, 5.41) is 15.8. The predicted molar refractivity (Wildman–Crippen MR) is 158 cm³/mol. The highest BCUT2D eigenvalue weighted by atomic mass is 32.1. The molecule has 3 heterocycles. The van der Waals surface area contributed by atoms with E-state index in [1.54, 1.807) is 36.0 Å². The number of rotatable bonds is 8. The zero-order chi connectivity index (χ0) is 27.6. The quantitative estimate of drug-likeness (QED) is 0.220. The summed E-state index contributed by atoms with van der Waals surface area (Å²) in [5.74, 6) is 0.919. The van der Waals surface area contributed by atoms with Crippen LogP contribution in [0, 0.1) is 0 Å². The first-order valence-corrected chi connectivity index (χ1v) is 14.6. The molecule has 0 radical (unpaired) electrons. The van der Waals surface area contributed by atoms with E-state index in [-0.39, 0.29) is 17.7 Å². The van der Waals surface area contributed by atoms with Crippen molar-refractivity contribution in [1.82, 2.24) is 19.9 Å². The molecule has 1 amide bonds. The molecule has 5 aromatic rings. The number of fused-ring (bicyclic) bond motifs is 1. The van der Waals surface area contributed by atoms with Gasteiger partial charge in [-0.1, -0.05) is 31.4 Å². The van der Waals surface area contributed by atoms with E-state index >= 15 is 0 Å². The monoisotopic (exact) mass is 555 g/mol. The van der Waals surface area contributed by atoms with Crippen molar-refractivity contribution in [2.45, 2.75) is 50.6 Å². The number of imidazole rings is 1. The van der Waals surface area contributed by atoms with Gasteiger partial charge in [-0.3, -0.25) is 4.79 Å². The second-order valence-corrected chi connectivity index (χ2v) is 11.5. The molecule has 1 saturated carbocycles. The number of aromatic nitrogens is 3. The van der Waals surface area contributed by atoms with Gasteiger partial charge in [-0.05, 0) is 61.2 Å². The molecule has 1 aliphatic rings. The van der Waals surface area contributed by atoms with Crippen LogP contribution in [0.25, 0.3) is 22.4 Å². The Bertz CT molecular complexity index is 1600. The molecule has 206 valence electrons. The fourth-order valence-corrected chi connectivity index (χ4v) is 6.34. The Hall–Kier alpha value is -4.11. The summed E-state index contributed by atoms with van der Waals surface area (Å²) in [7, 11) is 3.91. The molecule has 6 rings (SSSR count). The van der Waals surface area contributed by atoms with Crippen molar-refractivity contribution in [3.05, 3.63) is 83.3 Å². The van der Waals surface area contributed by atoms with E-state index in [0.29, 0.717) is 18.0 Å². The summed E-state index contributed by atoms with van der Waals surface area (Å²) in [6.45, 7) is 0. The number of anilines is 1. The van der Waals surface area contributed by atoms with Crippen LogP contribution < -0.4 is 10.2 Å². The minimum absolute atomic E-state index is 0.179. The summed E-state index contributed by atoms with van der Waals surface area (Å²) in [6.07, 6.45) is 9.90. The first-order chi connectivity index (χ1) is 19.5. The Morgan fingerprint density at radius 3 is 2.62 bits per heavy atom. The summed E-state index contributed by atoms with van der Waals surface area (Å²) >= 11 is 1.54. The Morgan fingerprint density at radius 2 is 1.93 bits per heavy atom. The number of hydrogen-bond acceptors (Lipinski definition) is 7. The number of benzene rings is 2. The van der Waals surface area contributed by atoms with E-state index in [2.05, 4.69) is 9.88 Å². The van der Waals surface area contributed by atoms with Crippen LogP contribution in [0.15, 0.2) is 70.9 Å². The maximum atomic E-state index is 13.6. The van der Waals surface area contributed by atoms with Gasteiger partial charge in [-0.25, -0.2) is 9.97 Å². The van der Waals surface area contributed by atoms with Gasteiger partial charge >= 0.3 is 0 Å². The van der Waals surface area contributed by atoms with E-state index in [4.69, 9.17) is 14.4 Å². The number of nitrogens with zero attached hydrogens (tertiary/aromatic N) is 4. The fraction of sp³-hybridized carbons (Fsp3) is 0.323. The minimum Gasteiger partial charge on any atom is -0.508 e. The zero-order valence-corrected chi connectivity index (χ0v) is 23.5. The van der Waals surface area contributed by atoms with Crippen LogP contribution in [0.2, 0.25) is 0 Å². The molecular formula is C31H33N5O3S. The molecule has 0 bridgehead atoms. The molecule has 1 fully saturated rings. The highest BCUT2D eigenvalue weighted by Gasteiger charge is 2.25. The van der Waals surface area contributed by atoms with Gasteiger partial charge in [0.15, 0.2) is 5.13 Å². The molecule has 40 heavy (non-hydrogen) atoms. The molecule has 1 atom stereocenters. The number of carbonyl (C=O) groups excluding carboxylic acids is 1. The highest BCUT2D eigenvalue weighted by Crippen LogP contribution is 2.36. The average Bonchev–Trinajstić information content (AvgIpc) is 3.74. The Morgan fingerprint density at radius 1 is 1.12 bits per heavy atom. The SMILES string of the molecule is CN(C)c1nc(C(Cc2ccc(O)cc2)NC(=O)c2ccc3c(c2)nc(-c2ccoc2)n3C2CCCCC2)cs1. The van der Waals surface area contributed by atoms with Crippen molar-refractivity contribution in [1.29, 1.82) is 0 Å². The topological polar surface area (TPSA) is 96.4 Å². The zero-order valence-electron chi connectivity index (χ0n) is 22.7. The van der Waals surface area contributed by atoms with Crippen LogP contribution in [-0.2, 0) is 6.42 Å². The van der Waals surface area contributed by atoms with Crippen LogP contribution in [0.4, 0.5) is 5.13 Å². The van der Waals surface area contributed by atoms with E-state index in [1.807, 2.05) is 60.8 Å². The maximum absolute atomic E-state index is 13.6. The van der Waals surface area contributed by atoms with Gasteiger partial charge in [0.25, 0.3) is 5.91 Å². The first kappa shape index (κ1) is 26.1. The van der Waals surface area contributed by atoms with E-state index in [0.717, 1.165) is 51.7 Å². The second-order valence-electron chi connectivity index (χ2n) is 10.7. The smallest absolute Gasteiger partial charge is 0.251 e. The lowest BCUT2D eigenvalue weighted by Gasteiger charge is -2.25. The largest absolute Gasteiger partial charge is 0.508 e. The lowest BCUT2D eigenvalue weighted by atomic mass is 9.95. The summed E-state index contributed by atoms with van der Waals surface area (Å²) < 4.78 is 7.73. The number of thiazole rings is 1. The van der Waals surface area contributed by atoms with Crippen LogP contribution >= 0.6 is 11.3 Å². The van der Waals surface area contributed by atoms with E-state index in [9.17, 15) is 9.90 Å². The summed E-state index contributed by atoms with van der Waals surface area (Å²) in [4.78, 5) is 25.4. The molecule has 9 heteroatoms. The lowest BCUT2D eigenvalue weighted by Crippen LogP contribution is -2.30. The van der Waals surface area contributed by atoms with Gasteiger partial charge in [-0.2, -0.15) is 0 Å². The normalized spacial score (nSPS) is 14.8. The number of aromatic hydroxyl groups is 1. The van der Waals surface area contributed by atoms with Crippen LogP contribution in [-0.4, -0.2) is 39.6 Å². The van der Waals surface area contributed by atoms with Crippen molar-refractivity contribution in [2.75, 3.05) is 19.0 Å². The molecule has 2 aromatic carbocycles. The lowest BCUT2D eigenvalue weighted by molar-refractivity contribution is 0.0936. The Kier molecular flexibility index (Phi) is 7.30. The van der Waals surface area contributed by atoms with Gasteiger partial charge in [-0.15, -0.1) is 11.3 Å². The number of furan rings is 1. The molecular weight excluding hydrogens is 522 g/mol. The molecule has 0 aliphatic heterocycles. The third-order valence-corrected chi connectivity index (χ3v) is 8.63. The number of phenolic OH excluding ortho intramolecular Hbond substituents is 1. The number of phenols is 1. The third-order valence-electron chi connectivity index (χ3n) is 7.60. The Labute approximate surface area is 237 Å². The molecule has 0 spiro atoms. The van der Waals surface area contributed by atoms with Gasteiger partial charge in [0.05, 0.1) is 34.6 Å². The van der Waals surface area contributed by atoms with Gasteiger partial charge in [0.2, 0.25) is 0 Å². The second kappa shape index (κ2) is 11.2. The number of carbonyl (C=O) groups is 1. The van der Waals surface area contributed by atoms with Crippen molar-refractivity contribution in [2.24, 2.45) is 0 Å². The van der Waals surface area contributed by atoms with E-state index in [1.165, 1.54) is 19.3 Å². The van der Waals surface area contributed by atoms with Gasteiger partial charge < -0.3 is 24.3 Å². The average molecular weight is 556 g/mol. The summed E-state index contributed by atoms with van der Waals surface area (Å²) in [5.41, 5.74) is 5.14. The van der Waals surface area contributed by atoms with Crippen LogP contribution in [0.3, 0.4) is 0 Å². The molecule has 8 nitrogen and oxygen atoms in total. The molecule has 2 N–H and O–H groups in total. The van der Waals surface area contributed by atoms with E-state index < -0.39 is 0 Å². The number of amides is 1. The van der Waals surface area contributed by atoms with Crippen molar-refractivity contribution >= 4 is 33.4 Å². The third kappa shape index (κ3) is 5.34. The minimum atomic E-state index is -0.334. The standard InChI is InChI=1S/C31H33N5O3S/c1-35(2)31-34-27(19-40-31)25(16-20-8-11-24(37)12-9-20)33-30(38)21-10-13-28-26(17-21)32-29(22-14-15-39-18-22)36(28)23-6-4-3-5-7-23/h8-15,17-19,23,25,37H,3-7,16H2,1-2H3,(H,33,38). The predicted octanol–water partition coefficient (Wildman–Crippen LogP) is 6.74. The molecule has 0 saturated heterocycles. The number of hydrogen-bond donors (Lipinski definition) is 2. The maximum Gasteiger partial charge on any atom is 0.251 e.